The molecule has 0 amide bonds. The van der Waals surface area contributed by atoms with Crippen molar-refractivity contribution in [2.75, 3.05) is 0 Å². The molecule has 0 aliphatic carbocycles. The zero-order valence-electron chi connectivity index (χ0n) is 5.89. The fraction of sp³-hybridized carbons (Fsp3) is 0. The summed E-state index contributed by atoms with van der Waals surface area (Å²) >= 11 is 5.32. The molecule has 0 aliphatic heterocycles. The van der Waals surface area contributed by atoms with Crippen LogP contribution in [0.5, 0.6) is 0 Å². The molecular weight excluding hydrogens is 238 g/mol. The predicted molar refractivity (Wildman–Crippen MR) is 55.1 cm³/mol. The second kappa shape index (κ2) is 4.14. The fourth-order valence-electron chi connectivity index (χ4n) is 0.667. The maximum absolute atomic E-state index is 9.05. The van der Waals surface area contributed by atoms with Crippen LogP contribution in [0.2, 0.25) is 0 Å². The van der Waals surface area contributed by atoms with Gasteiger partial charge in [-0.3, -0.25) is 0 Å². The third-order valence-corrected chi connectivity index (χ3v) is 8.21. The fourth-order valence-corrected chi connectivity index (χ4v) is 3.51. The molecule has 0 aromatic heterocycles. The summed E-state index contributed by atoms with van der Waals surface area (Å²) in [5.41, 5.74) is 0. The second-order valence-corrected chi connectivity index (χ2v) is 10.1. The van der Waals surface area contributed by atoms with Crippen LogP contribution in [0.25, 0.3) is 0 Å². The highest BCUT2D eigenvalue weighted by Crippen LogP contribution is 2.51. The summed E-state index contributed by atoms with van der Waals surface area (Å²) in [6.45, 7) is 0. The molecule has 0 spiro atoms. The molecule has 0 heterocycles. The number of benzene rings is 1. The van der Waals surface area contributed by atoms with E-state index in [4.69, 9.17) is 31.7 Å². The molecule has 1 rings (SSSR count). The van der Waals surface area contributed by atoms with Gasteiger partial charge < -0.3 is 9.79 Å². The Morgan fingerprint density at radius 3 is 2.08 bits per heavy atom. The number of hydrogen-bond donors (Lipinski definition) is 2. The van der Waals surface area contributed by atoms with Crippen molar-refractivity contribution in [2.24, 2.45) is 0 Å². The normalized spacial score (nSPS) is 14.3. The first-order valence-electron chi connectivity index (χ1n) is 3.02. The Kier molecular flexibility index (Phi) is 3.65. The van der Waals surface area contributed by atoms with Crippen LogP contribution in [0, 0.1) is 0 Å². The minimum atomic E-state index is -3.46. The Morgan fingerprint density at radius 1 is 1.17 bits per heavy atom. The summed E-state index contributed by atoms with van der Waals surface area (Å²) in [5, 5.41) is 0. The Hall–Kier alpha value is 0.500. The van der Waals surface area contributed by atoms with E-state index >= 15 is 0 Å². The highest BCUT2D eigenvalue weighted by molar-refractivity contribution is 8.48. The number of hydrogen-bond acceptors (Lipinski definition) is 0. The van der Waals surface area contributed by atoms with Gasteiger partial charge >= 0.3 is 0 Å². The molecule has 2 N–H and O–H groups in total. The zero-order valence-corrected chi connectivity index (χ0v) is 9.12. The lowest BCUT2D eigenvalue weighted by atomic mass is 10.4. The standard InChI is InChI=1S/C6H7Cl2O2PS/c7-11(9,10)12(8)6-4-2-1-3-5-6/h1-5,9-10H. The van der Waals surface area contributed by atoms with E-state index in [0.717, 1.165) is 0 Å². The van der Waals surface area contributed by atoms with E-state index in [2.05, 4.69) is 0 Å². The van der Waals surface area contributed by atoms with Crippen molar-refractivity contribution in [3.63, 3.8) is 0 Å². The monoisotopic (exact) mass is 244 g/mol. The largest absolute Gasteiger partial charge is 0.337 e. The highest BCUT2D eigenvalue weighted by atomic mass is 35.8. The minimum absolute atomic E-state index is 0.646. The van der Waals surface area contributed by atoms with Gasteiger partial charge in [-0.25, -0.2) is 0 Å². The predicted octanol–water partition coefficient (Wildman–Crippen LogP) is 2.72. The van der Waals surface area contributed by atoms with Crippen molar-refractivity contribution in [3.8, 4) is 0 Å². The molecule has 0 radical (unpaired) electrons. The Labute approximate surface area is 82.2 Å². The van der Waals surface area contributed by atoms with Gasteiger partial charge in [-0.2, -0.15) is 0 Å². The van der Waals surface area contributed by atoms with Crippen LogP contribution in [0.1, 0.15) is 0 Å². The van der Waals surface area contributed by atoms with Gasteiger partial charge in [-0.15, -0.1) is 0 Å². The SMILES string of the molecule is OP(O)(Cl)=S(Cl)c1ccccc1. The average Bonchev–Trinajstić information content (AvgIpc) is 2.03. The number of halogens is 2. The van der Waals surface area contributed by atoms with Gasteiger partial charge in [0.15, 0.2) is 0 Å². The van der Waals surface area contributed by atoms with Gasteiger partial charge in [0.25, 0.3) is 5.84 Å². The van der Waals surface area contributed by atoms with Gasteiger partial charge in [-0.1, -0.05) is 18.2 Å². The zero-order chi connectivity index (χ0) is 9.19. The van der Waals surface area contributed by atoms with E-state index in [9.17, 15) is 0 Å². The molecular formula is C6H7Cl2O2PS. The Bertz CT molecular complexity index is 313. The highest BCUT2D eigenvalue weighted by Gasteiger charge is 2.11. The Balaban J connectivity index is 3.19. The molecule has 1 unspecified atom stereocenters. The van der Waals surface area contributed by atoms with Crippen LogP contribution >= 0.6 is 27.8 Å². The smallest absolute Gasteiger partial charge is 0.254 e. The molecule has 0 saturated carbocycles. The molecule has 0 fully saturated rings. The lowest BCUT2D eigenvalue weighted by Gasteiger charge is -2.06. The molecule has 6 heteroatoms. The summed E-state index contributed by atoms with van der Waals surface area (Å²) in [7, 11) is 4.54. The van der Waals surface area contributed by atoms with Crippen LogP contribution in [0.3, 0.4) is 0 Å². The molecule has 2 nitrogen and oxygen atoms in total. The van der Waals surface area contributed by atoms with Gasteiger partial charge in [0.05, 0.1) is 0 Å². The van der Waals surface area contributed by atoms with Crippen LogP contribution in [-0.2, 0) is 9.29 Å². The summed E-state index contributed by atoms with van der Waals surface area (Å²) in [6, 6.07) is 8.77. The lowest BCUT2D eigenvalue weighted by Crippen LogP contribution is -1.82. The average molecular weight is 245 g/mol. The topological polar surface area (TPSA) is 40.5 Å². The minimum Gasteiger partial charge on any atom is -0.337 e. The van der Waals surface area contributed by atoms with Crippen molar-refractivity contribution < 1.29 is 9.79 Å². The molecule has 1 aromatic rings. The van der Waals surface area contributed by atoms with E-state index in [1.54, 1.807) is 24.3 Å². The molecule has 1 aromatic carbocycles. The van der Waals surface area contributed by atoms with Crippen molar-refractivity contribution in [2.45, 2.75) is 4.90 Å². The van der Waals surface area contributed by atoms with E-state index in [1.165, 1.54) is 0 Å². The summed E-state index contributed by atoms with van der Waals surface area (Å²) in [5.74, 6) is -3.46. The van der Waals surface area contributed by atoms with Crippen LogP contribution in [-0.4, -0.2) is 9.79 Å². The van der Waals surface area contributed by atoms with E-state index in [-0.39, 0.29) is 0 Å². The second-order valence-electron chi connectivity index (χ2n) is 2.02. The molecule has 68 valence electrons. The van der Waals surface area contributed by atoms with Gasteiger partial charge in [0.2, 0.25) is 0 Å². The van der Waals surface area contributed by atoms with Crippen LogP contribution in [0.15, 0.2) is 35.2 Å². The van der Waals surface area contributed by atoms with Crippen molar-refractivity contribution in [1.82, 2.24) is 0 Å². The molecule has 12 heavy (non-hydrogen) atoms. The lowest BCUT2D eigenvalue weighted by molar-refractivity contribution is 0.500. The van der Waals surface area contributed by atoms with Crippen LogP contribution < -0.4 is 0 Å². The molecule has 0 aliphatic rings. The first kappa shape index (κ1) is 10.6. The van der Waals surface area contributed by atoms with E-state index < -0.39 is 15.1 Å². The molecule has 0 saturated heterocycles. The summed E-state index contributed by atoms with van der Waals surface area (Å²) in [6.07, 6.45) is 0. The first-order chi connectivity index (χ1) is 5.52. The van der Waals surface area contributed by atoms with E-state index in [1.807, 2.05) is 6.07 Å². The Morgan fingerprint density at radius 2 is 1.67 bits per heavy atom. The maximum atomic E-state index is 9.05. The third kappa shape index (κ3) is 2.77. The third-order valence-electron chi connectivity index (χ3n) is 1.14. The van der Waals surface area contributed by atoms with Crippen molar-refractivity contribution >= 4 is 37.1 Å². The first-order valence-corrected chi connectivity index (χ1v) is 8.28. The maximum Gasteiger partial charge on any atom is 0.254 e. The van der Waals surface area contributed by atoms with Crippen LogP contribution in [0.4, 0.5) is 0 Å². The quantitative estimate of drug-likeness (QED) is 0.747. The van der Waals surface area contributed by atoms with Gasteiger partial charge in [0.1, 0.15) is 0 Å². The molecule has 1 atom stereocenters. The van der Waals surface area contributed by atoms with Crippen molar-refractivity contribution in [1.29, 1.82) is 0 Å². The molecule has 0 bridgehead atoms. The van der Waals surface area contributed by atoms with Gasteiger partial charge in [-0.05, 0) is 43.3 Å². The van der Waals surface area contributed by atoms with Crippen molar-refractivity contribution in [3.05, 3.63) is 30.3 Å². The summed E-state index contributed by atoms with van der Waals surface area (Å²) < 4.78 is 0. The summed E-state index contributed by atoms with van der Waals surface area (Å²) in [4.78, 5) is 18.8. The number of rotatable bonds is 1. The van der Waals surface area contributed by atoms with Gasteiger partial charge in [0, 0.05) is 4.90 Å². The van der Waals surface area contributed by atoms with E-state index in [0.29, 0.717) is 4.90 Å².